The number of nitrogens with one attached hydrogen (secondary N) is 1. The molecule has 0 aliphatic rings. The summed E-state index contributed by atoms with van der Waals surface area (Å²) in [5.74, 6) is 0. The van der Waals surface area contributed by atoms with Crippen LogP contribution >= 0.6 is 11.3 Å². The molecule has 1 rings (SSSR count). The fourth-order valence-electron chi connectivity index (χ4n) is 0.966. The number of rotatable bonds is 5. The Balaban J connectivity index is 2.40. The zero-order valence-electron chi connectivity index (χ0n) is 8.26. The predicted molar refractivity (Wildman–Crippen MR) is 51.8 cm³/mol. The number of alkyl halides is 3. The zero-order valence-corrected chi connectivity index (χ0v) is 9.08. The van der Waals surface area contributed by atoms with Gasteiger partial charge in [0.05, 0.1) is 0 Å². The summed E-state index contributed by atoms with van der Waals surface area (Å²) in [7, 11) is 0. The maximum absolute atomic E-state index is 12.1. The van der Waals surface area contributed by atoms with Crippen LogP contribution in [0.2, 0.25) is 0 Å². The first kappa shape index (κ1) is 12.4. The first-order chi connectivity index (χ1) is 7.04. The van der Waals surface area contributed by atoms with Gasteiger partial charge in [0.15, 0.2) is 0 Å². The van der Waals surface area contributed by atoms with E-state index in [1.807, 2.05) is 6.92 Å². The van der Waals surface area contributed by atoms with E-state index in [2.05, 4.69) is 15.5 Å². The summed E-state index contributed by atoms with van der Waals surface area (Å²) in [6.45, 7) is 3.53. The molecule has 1 aromatic heterocycles. The van der Waals surface area contributed by atoms with Crippen LogP contribution in [0.1, 0.15) is 23.4 Å². The van der Waals surface area contributed by atoms with Gasteiger partial charge in [-0.3, -0.25) is 0 Å². The molecule has 0 aliphatic heterocycles. The maximum atomic E-state index is 12.1. The Bertz CT molecular complexity index is 298. The first-order valence-electron chi connectivity index (χ1n) is 4.64. The summed E-state index contributed by atoms with van der Waals surface area (Å²) in [6.07, 6.45) is -2.87. The van der Waals surface area contributed by atoms with Crippen molar-refractivity contribution in [3.8, 4) is 0 Å². The fourth-order valence-corrected chi connectivity index (χ4v) is 1.67. The van der Waals surface area contributed by atoms with Crippen LogP contribution in [0.4, 0.5) is 13.2 Å². The van der Waals surface area contributed by atoms with E-state index in [1.165, 1.54) is 0 Å². The molecule has 7 heteroatoms. The molecule has 1 heterocycles. The van der Waals surface area contributed by atoms with Crippen molar-refractivity contribution < 1.29 is 13.2 Å². The highest BCUT2D eigenvalue weighted by atomic mass is 32.1. The molecule has 0 aliphatic carbocycles. The van der Waals surface area contributed by atoms with Gasteiger partial charge in [0, 0.05) is 13.0 Å². The molecule has 0 saturated heterocycles. The van der Waals surface area contributed by atoms with Crippen LogP contribution in [0, 0.1) is 0 Å². The standard InChI is InChI=1S/C8H12F3N3S/c1-2-4-12-5-3-6-13-14-7(15-6)8(9,10)11/h12H,2-5H2,1H3. The lowest BCUT2D eigenvalue weighted by molar-refractivity contribution is -0.138. The second-order valence-corrected chi connectivity index (χ2v) is 4.06. The number of halogens is 3. The minimum Gasteiger partial charge on any atom is -0.316 e. The van der Waals surface area contributed by atoms with Crippen LogP contribution in [0.15, 0.2) is 0 Å². The van der Waals surface area contributed by atoms with Gasteiger partial charge < -0.3 is 5.32 Å². The monoisotopic (exact) mass is 239 g/mol. The lowest BCUT2D eigenvalue weighted by atomic mass is 10.4. The molecular weight excluding hydrogens is 227 g/mol. The van der Waals surface area contributed by atoms with Gasteiger partial charge >= 0.3 is 6.18 Å². The van der Waals surface area contributed by atoms with Crippen LogP contribution in [-0.4, -0.2) is 23.3 Å². The lowest BCUT2D eigenvalue weighted by Gasteiger charge is -1.99. The van der Waals surface area contributed by atoms with Crippen molar-refractivity contribution >= 4 is 11.3 Å². The average molecular weight is 239 g/mol. The molecule has 1 aromatic rings. The largest absolute Gasteiger partial charge is 0.445 e. The van der Waals surface area contributed by atoms with Crippen molar-refractivity contribution in [1.29, 1.82) is 0 Å². The first-order valence-corrected chi connectivity index (χ1v) is 5.46. The van der Waals surface area contributed by atoms with E-state index in [-0.39, 0.29) is 0 Å². The third-order valence-corrected chi connectivity index (χ3v) is 2.68. The highest BCUT2D eigenvalue weighted by Crippen LogP contribution is 2.31. The minimum absolute atomic E-state index is 0.422. The van der Waals surface area contributed by atoms with E-state index in [4.69, 9.17) is 0 Å². The van der Waals surface area contributed by atoms with Crippen LogP contribution in [-0.2, 0) is 12.6 Å². The summed E-state index contributed by atoms with van der Waals surface area (Å²) >= 11 is 0.611. The van der Waals surface area contributed by atoms with Crippen molar-refractivity contribution in [3.05, 3.63) is 10.0 Å². The van der Waals surface area contributed by atoms with Crippen LogP contribution in [0.25, 0.3) is 0 Å². The van der Waals surface area contributed by atoms with Gasteiger partial charge in [-0.2, -0.15) is 13.2 Å². The van der Waals surface area contributed by atoms with E-state index in [0.717, 1.165) is 13.0 Å². The number of hydrogen-bond acceptors (Lipinski definition) is 4. The van der Waals surface area contributed by atoms with Crippen molar-refractivity contribution in [3.63, 3.8) is 0 Å². The highest BCUT2D eigenvalue weighted by Gasteiger charge is 2.35. The van der Waals surface area contributed by atoms with E-state index < -0.39 is 11.2 Å². The van der Waals surface area contributed by atoms with Crippen molar-refractivity contribution in [2.45, 2.75) is 25.9 Å². The molecule has 0 radical (unpaired) electrons. The molecule has 0 unspecified atom stereocenters. The Labute approximate surface area is 89.7 Å². The maximum Gasteiger partial charge on any atom is 0.445 e. The smallest absolute Gasteiger partial charge is 0.316 e. The quantitative estimate of drug-likeness (QED) is 0.800. The molecule has 0 spiro atoms. The Morgan fingerprint density at radius 2 is 2.00 bits per heavy atom. The van der Waals surface area contributed by atoms with Gasteiger partial charge in [-0.15, -0.1) is 10.2 Å². The van der Waals surface area contributed by atoms with E-state index in [1.54, 1.807) is 0 Å². The average Bonchev–Trinajstić information content (AvgIpc) is 2.60. The molecule has 15 heavy (non-hydrogen) atoms. The third-order valence-electron chi connectivity index (χ3n) is 1.65. The van der Waals surface area contributed by atoms with Gasteiger partial charge in [0.2, 0.25) is 5.01 Å². The Kier molecular flexibility index (Phi) is 4.46. The summed E-state index contributed by atoms with van der Waals surface area (Å²) in [6, 6.07) is 0. The summed E-state index contributed by atoms with van der Waals surface area (Å²) < 4.78 is 36.4. The lowest BCUT2D eigenvalue weighted by Crippen LogP contribution is -2.17. The van der Waals surface area contributed by atoms with Gasteiger partial charge in [-0.1, -0.05) is 18.3 Å². The summed E-state index contributed by atoms with van der Waals surface area (Å²) in [4.78, 5) is 0. The van der Waals surface area contributed by atoms with Gasteiger partial charge in [0.25, 0.3) is 0 Å². The number of nitrogens with zero attached hydrogens (tertiary/aromatic N) is 2. The van der Waals surface area contributed by atoms with Crippen molar-refractivity contribution in [2.75, 3.05) is 13.1 Å². The highest BCUT2D eigenvalue weighted by molar-refractivity contribution is 7.11. The predicted octanol–water partition coefficient (Wildman–Crippen LogP) is 2.10. The van der Waals surface area contributed by atoms with E-state index >= 15 is 0 Å². The van der Waals surface area contributed by atoms with Gasteiger partial charge in [-0.25, -0.2) is 0 Å². The Morgan fingerprint density at radius 3 is 2.53 bits per heavy atom. The molecule has 0 amide bonds. The van der Waals surface area contributed by atoms with E-state index in [0.29, 0.717) is 29.3 Å². The SMILES string of the molecule is CCCNCCc1nnc(C(F)(F)F)s1. The van der Waals surface area contributed by atoms with Crippen LogP contribution in [0.5, 0.6) is 0 Å². The van der Waals surface area contributed by atoms with Crippen LogP contribution in [0.3, 0.4) is 0 Å². The van der Waals surface area contributed by atoms with Gasteiger partial charge in [-0.05, 0) is 13.0 Å². The molecular formula is C8H12F3N3S. The zero-order chi connectivity index (χ0) is 11.3. The molecule has 86 valence electrons. The van der Waals surface area contributed by atoms with Crippen molar-refractivity contribution in [2.24, 2.45) is 0 Å². The van der Waals surface area contributed by atoms with E-state index in [9.17, 15) is 13.2 Å². The van der Waals surface area contributed by atoms with Crippen LogP contribution < -0.4 is 5.32 Å². The second kappa shape index (κ2) is 5.41. The molecule has 0 saturated carbocycles. The summed E-state index contributed by atoms with van der Waals surface area (Å²) in [5.41, 5.74) is 0. The summed E-state index contributed by atoms with van der Waals surface area (Å²) in [5, 5.41) is 9.23. The topological polar surface area (TPSA) is 37.8 Å². The minimum atomic E-state index is -4.37. The molecule has 0 bridgehead atoms. The Hall–Kier alpha value is -0.690. The number of aromatic nitrogens is 2. The van der Waals surface area contributed by atoms with Gasteiger partial charge in [0.1, 0.15) is 5.01 Å². The third kappa shape index (κ3) is 4.13. The molecule has 1 N–H and O–H groups in total. The molecule has 0 fully saturated rings. The molecule has 3 nitrogen and oxygen atoms in total. The number of hydrogen-bond donors (Lipinski definition) is 1. The Morgan fingerprint density at radius 1 is 1.27 bits per heavy atom. The molecule has 0 aromatic carbocycles. The second-order valence-electron chi connectivity index (χ2n) is 3.00. The van der Waals surface area contributed by atoms with Crippen molar-refractivity contribution in [1.82, 2.24) is 15.5 Å². The fraction of sp³-hybridized carbons (Fsp3) is 0.750. The molecule has 0 atom stereocenters. The normalized spacial score (nSPS) is 12.0.